The predicted octanol–water partition coefficient (Wildman–Crippen LogP) is 10.1. The average molecular weight is 503 g/mol. The molecule has 0 saturated heterocycles. The van der Waals surface area contributed by atoms with Crippen LogP contribution in [-0.2, 0) is 24.1 Å². The summed E-state index contributed by atoms with van der Waals surface area (Å²) in [5, 5.41) is 0. The van der Waals surface area contributed by atoms with Gasteiger partial charge in [0.1, 0.15) is 6.29 Å². The van der Waals surface area contributed by atoms with Crippen molar-refractivity contribution in [3.05, 3.63) is 59.2 Å². The Bertz CT molecular complexity index is 989. The van der Waals surface area contributed by atoms with E-state index in [1.807, 2.05) is 0 Å². The molecule has 0 aliphatic heterocycles. The maximum absolute atomic E-state index is 10.9. The fourth-order valence-electron chi connectivity index (χ4n) is 4.80. The first-order chi connectivity index (χ1) is 18.2. The summed E-state index contributed by atoms with van der Waals surface area (Å²) >= 11 is 0. The first kappa shape index (κ1) is 30.7. The Morgan fingerprint density at radius 3 is 2.08 bits per heavy atom. The van der Waals surface area contributed by atoms with Crippen molar-refractivity contribution in [3.8, 4) is 0 Å². The van der Waals surface area contributed by atoms with Crippen molar-refractivity contribution in [3.63, 3.8) is 0 Å². The molecule has 0 aliphatic rings. The highest BCUT2D eigenvalue weighted by Crippen LogP contribution is 2.26. The Morgan fingerprint density at radius 1 is 0.649 bits per heavy atom. The molecule has 2 aromatic carbocycles. The second-order valence-corrected chi connectivity index (χ2v) is 10.2. The van der Waals surface area contributed by atoms with Gasteiger partial charge in [0.25, 0.3) is 0 Å². The minimum Gasteiger partial charge on any atom is -0.303 e. The van der Waals surface area contributed by atoms with Gasteiger partial charge < -0.3 is 4.79 Å². The predicted molar refractivity (Wildman–Crippen MR) is 162 cm³/mol. The number of carbonyl (C=O) groups is 1. The van der Waals surface area contributed by atoms with Gasteiger partial charge in [0, 0.05) is 6.42 Å². The van der Waals surface area contributed by atoms with Gasteiger partial charge in [0.15, 0.2) is 0 Å². The minimum absolute atomic E-state index is 0.596. The Labute approximate surface area is 226 Å². The van der Waals surface area contributed by atoms with Crippen LogP contribution in [0.1, 0.15) is 121 Å². The van der Waals surface area contributed by atoms with Crippen LogP contribution >= 0.6 is 0 Å². The van der Waals surface area contributed by atoms with E-state index in [9.17, 15) is 4.79 Å². The summed E-state index contributed by atoms with van der Waals surface area (Å²) in [6.07, 6.45) is 16.9. The van der Waals surface area contributed by atoms with Gasteiger partial charge >= 0.3 is 0 Å². The lowest BCUT2D eigenvalue weighted by Crippen LogP contribution is -2.14. The number of benzene rings is 2. The minimum atomic E-state index is 0.596. The van der Waals surface area contributed by atoms with Crippen LogP contribution in [0.4, 0.5) is 11.4 Å². The molecule has 0 heterocycles. The van der Waals surface area contributed by atoms with Gasteiger partial charge in [-0.2, -0.15) is 0 Å². The van der Waals surface area contributed by atoms with Gasteiger partial charge in [0.05, 0.1) is 22.8 Å². The van der Waals surface area contributed by atoms with E-state index in [2.05, 4.69) is 70.2 Å². The monoisotopic (exact) mass is 502 g/mol. The molecule has 0 spiro atoms. The number of hydrogen-bond donors (Lipinski definition) is 0. The molecule has 0 fully saturated rings. The molecule has 2 aromatic rings. The summed E-state index contributed by atoms with van der Waals surface area (Å²) < 4.78 is 0. The lowest BCUT2D eigenvalue weighted by atomic mass is 9.98. The number of para-hydroxylation sites is 1. The third-order valence-electron chi connectivity index (χ3n) is 6.88. The highest BCUT2D eigenvalue weighted by atomic mass is 16.1. The van der Waals surface area contributed by atoms with Crippen molar-refractivity contribution < 1.29 is 4.79 Å². The van der Waals surface area contributed by atoms with Crippen LogP contribution in [0.5, 0.6) is 0 Å². The normalized spacial score (nSPS) is 12.2. The Morgan fingerprint density at radius 2 is 1.35 bits per heavy atom. The summed E-state index contributed by atoms with van der Waals surface area (Å²) in [4.78, 5) is 21.4. The van der Waals surface area contributed by atoms with E-state index in [-0.39, 0.29) is 0 Å². The molecule has 0 bridgehead atoms. The first-order valence-corrected chi connectivity index (χ1v) is 14.9. The van der Waals surface area contributed by atoms with E-state index < -0.39 is 0 Å². The van der Waals surface area contributed by atoms with Crippen molar-refractivity contribution in [1.29, 1.82) is 0 Å². The first-order valence-electron chi connectivity index (χ1n) is 14.9. The highest BCUT2D eigenvalue weighted by Gasteiger charge is 2.13. The number of aryl methyl sites for hydroxylation is 3. The molecule has 0 atom stereocenters. The summed E-state index contributed by atoms with van der Waals surface area (Å²) in [5.41, 5.74) is 8.52. The van der Waals surface area contributed by atoms with Crippen LogP contribution < -0.4 is 0 Å². The highest BCUT2D eigenvalue weighted by molar-refractivity contribution is 6.43. The molecular formula is C34H50N2O. The van der Waals surface area contributed by atoms with E-state index >= 15 is 0 Å². The summed E-state index contributed by atoms with van der Waals surface area (Å²) in [6.45, 7) is 9.01. The molecular weight excluding hydrogens is 452 g/mol. The van der Waals surface area contributed by atoms with Crippen LogP contribution in [0.3, 0.4) is 0 Å². The van der Waals surface area contributed by atoms with E-state index in [0.29, 0.717) is 6.42 Å². The number of hydrogen-bond acceptors (Lipinski definition) is 3. The van der Waals surface area contributed by atoms with Crippen molar-refractivity contribution in [2.75, 3.05) is 0 Å². The zero-order chi connectivity index (χ0) is 26.7. The lowest BCUT2D eigenvalue weighted by molar-refractivity contribution is -0.107. The van der Waals surface area contributed by atoms with Crippen molar-refractivity contribution >= 4 is 29.1 Å². The molecule has 0 radical (unpaired) electrons. The zero-order valence-corrected chi connectivity index (χ0v) is 24.0. The van der Waals surface area contributed by atoms with Crippen molar-refractivity contribution in [2.24, 2.45) is 9.98 Å². The molecule has 0 unspecified atom stereocenters. The van der Waals surface area contributed by atoms with E-state index in [1.54, 1.807) is 0 Å². The molecule has 0 saturated carbocycles. The lowest BCUT2D eigenvalue weighted by Gasteiger charge is -2.14. The smallest absolute Gasteiger partial charge is 0.120 e. The Kier molecular flexibility index (Phi) is 15.5. The largest absolute Gasteiger partial charge is 0.303 e. The van der Waals surface area contributed by atoms with E-state index in [1.165, 1.54) is 42.4 Å². The van der Waals surface area contributed by atoms with Crippen LogP contribution in [0.25, 0.3) is 0 Å². The van der Waals surface area contributed by atoms with E-state index in [4.69, 9.17) is 9.98 Å². The fraction of sp³-hybridized carbons (Fsp3) is 0.559. The number of unbranched alkanes of at least 4 members (excludes halogenated alkanes) is 5. The molecule has 3 heteroatoms. The maximum Gasteiger partial charge on any atom is 0.120 e. The molecule has 37 heavy (non-hydrogen) atoms. The van der Waals surface area contributed by atoms with Gasteiger partial charge in [0.2, 0.25) is 0 Å². The van der Waals surface area contributed by atoms with Crippen LogP contribution in [-0.4, -0.2) is 17.7 Å². The fourth-order valence-corrected chi connectivity index (χ4v) is 4.80. The quantitative estimate of drug-likeness (QED) is 0.107. The number of aldehydes is 1. The topological polar surface area (TPSA) is 41.8 Å². The standard InChI is InChI=1S/C34H50N2O/c1-5-9-11-12-23-33(35-31-25-24-28(17-7-3)30(27-31)18-8-4)34(21-10-6-2)36-32-22-14-13-19-29(32)20-15-16-26-37/h13-14,19,22,24-27H,5-12,15-18,20-21,23H2,1-4H3. The van der Waals surface area contributed by atoms with Gasteiger partial charge in [-0.05, 0) is 86.3 Å². The molecule has 0 aliphatic carbocycles. The number of rotatable bonds is 19. The second-order valence-electron chi connectivity index (χ2n) is 10.2. The molecule has 202 valence electrons. The molecule has 0 aromatic heterocycles. The number of aliphatic imine (C=N–C) groups is 2. The summed E-state index contributed by atoms with van der Waals surface area (Å²) in [7, 11) is 0. The van der Waals surface area contributed by atoms with Crippen molar-refractivity contribution in [1.82, 2.24) is 0 Å². The average Bonchev–Trinajstić information content (AvgIpc) is 2.91. The summed E-state index contributed by atoms with van der Waals surface area (Å²) in [5.74, 6) is 0. The second kappa shape index (κ2) is 18.7. The van der Waals surface area contributed by atoms with Crippen LogP contribution in [0.2, 0.25) is 0 Å². The molecule has 0 N–H and O–H groups in total. The van der Waals surface area contributed by atoms with Crippen LogP contribution in [0, 0.1) is 0 Å². The third kappa shape index (κ3) is 11.2. The van der Waals surface area contributed by atoms with Gasteiger partial charge in [-0.1, -0.05) is 90.5 Å². The van der Waals surface area contributed by atoms with Crippen LogP contribution in [0.15, 0.2) is 52.4 Å². The van der Waals surface area contributed by atoms with E-state index in [0.717, 1.165) is 93.3 Å². The van der Waals surface area contributed by atoms with Gasteiger partial charge in [-0.15, -0.1) is 0 Å². The Balaban J connectivity index is 2.51. The Hall–Kier alpha value is -2.55. The maximum atomic E-state index is 10.9. The number of nitrogens with zero attached hydrogens (tertiary/aromatic N) is 2. The molecule has 3 nitrogen and oxygen atoms in total. The number of carbonyl (C=O) groups excluding carboxylic acids is 1. The molecule has 2 rings (SSSR count). The van der Waals surface area contributed by atoms with Crippen molar-refractivity contribution in [2.45, 2.75) is 124 Å². The SMILES string of the molecule is CCCCCCC(=Nc1ccc(CCC)c(CCC)c1)C(CCCC)=Nc1ccccc1CCCC=O. The summed E-state index contributed by atoms with van der Waals surface area (Å²) in [6, 6.07) is 15.3. The zero-order valence-electron chi connectivity index (χ0n) is 24.0. The molecule has 0 amide bonds. The third-order valence-corrected chi connectivity index (χ3v) is 6.88. The van der Waals surface area contributed by atoms with Gasteiger partial charge in [-0.3, -0.25) is 9.98 Å². The van der Waals surface area contributed by atoms with Gasteiger partial charge in [-0.25, -0.2) is 0 Å².